The molecule has 1 aromatic heterocycles. The van der Waals surface area contributed by atoms with E-state index >= 15 is 0 Å². The van der Waals surface area contributed by atoms with Gasteiger partial charge in [-0.25, -0.2) is 9.37 Å². The first-order valence-electron chi connectivity index (χ1n) is 4.93. The number of rotatable bonds is 3. The van der Waals surface area contributed by atoms with Gasteiger partial charge in [-0.2, -0.15) is 0 Å². The molecule has 1 aliphatic rings. The van der Waals surface area contributed by atoms with Crippen molar-refractivity contribution in [1.82, 2.24) is 10.3 Å². The fraction of sp³-hybridized carbons (Fsp3) is 0.500. The first-order valence-corrected chi connectivity index (χ1v) is 4.93. The van der Waals surface area contributed by atoms with Crippen molar-refractivity contribution in [3.8, 4) is 0 Å². The molecule has 76 valence electrons. The van der Waals surface area contributed by atoms with Gasteiger partial charge in [0.25, 0.3) is 0 Å². The molecule has 14 heavy (non-hydrogen) atoms. The molecule has 0 saturated carbocycles. The van der Waals surface area contributed by atoms with Crippen LogP contribution in [-0.4, -0.2) is 24.1 Å². The van der Waals surface area contributed by atoms with Crippen LogP contribution in [0.15, 0.2) is 18.3 Å². The highest BCUT2D eigenvalue weighted by Gasteiger charge is 2.13. The van der Waals surface area contributed by atoms with E-state index in [1.165, 1.54) is 25.1 Å². The molecule has 1 saturated heterocycles. The normalized spacial score (nSPS) is 21.1. The third-order valence-corrected chi connectivity index (χ3v) is 2.42. The predicted molar refractivity (Wildman–Crippen MR) is 53.7 cm³/mol. The molecule has 0 spiro atoms. The van der Waals surface area contributed by atoms with Gasteiger partial charge >= 0.3 is 0 Å². The molecule has 0 aliphatic carbocycles. The Morgan fingerprint density at radius 1 is 1.57 bits per heavy atom. The summed E-state index contributed by atoms with van der Waals surface area (Å²) in [7, 11) is 0. The topological polar surface area (TPSA) is 37.0 Å². The zero-order chi connectivity index (χ0) is 9.80. The summed E-state index contributed by atoms with van der Waals surface area (Å²) in [5, 5.41) is 6.55. The molecule has 4 heteroatoms. The van der Waals surface area contributed by atoms with Gasteiger partial charge in [0, 0.05) is 12.6 Å². The van der Waals surface area contributed by atoms with Crippen LogP contribution in [0.5, 0.6) is 0 Å². The highest BCUT2D eigenvalue weighted by atomic mass is 19.1. The summed E-state index contributed by atoms with van der Waals surface area (Å²) in [5.41, 5.74) is 0. The molecule has 0 aromatic carbocycles. The minimum atomic E-state index is -0.297. The number of hydrogen-bond acceptors (Lipinski definition) is 3. The van der Waals surface area contributed by atoms with Crippen molar-refractivity contribution in [3.63, 3.8) is 0 Å². The second-order valence-corrected chi connectivity index (χ2v) is 3.54. The van der Waals surface area contributed by atoms with Gasteiger partial charge in [-0.05, 0) is 31.5 Å². The van der Waals surface area contributed by atoms with Crippen LogP contribution in [-0.2, 0) is 0 Å². The van der Waals surface area contributed by atoms with E-state index in [1.54, 1.807) is 6.07 Å². The van der Waals surface area contributed by atoms with E-state index in [0.29, 0.717) is 6.04 Å². The smallest absolute Gasteiger partial charge is 0.141 e. The van der Waals surface area contributed by atoms with Crippen molar-refractivity contribution in [2.24, 2.45) is 0 Å². The molecule has 0 amide bonds. The second kappa shape index (κ2) is 4.37. The Kier molecular flexibility index (Phi) is 2.93. The number of hydrogen-bond donors (Lipinski definition) is 2. The van der Waals surface area contributed by atoms with E-state index < -0.39 is 0 Å². The zero-order valence-electron chi connectivity index (χ0n) is 7.96. The third-order valence-electron chi connectivity index (χ3n) is 2.42. The van der Waals surface area contributed by atoms with Gasteiger partial charge < -0.3 is 10.6 Å². The number of nitrogens with one attached hydrogen (secondary N) is 2. The van der Waals surface area contributed by atoms with Crippen molar-refractivity contribution < 1.29 is 4.39 Å². The average Bonchev–Trinajstić information content (AvgIpc) is 2.70. The van der Waals surface area contributed by atoms with Gasteiger partial charge in [0.2, 0.25) is 0 Å². The minimum absolute atomic E-state index is 0.297. The lowest BCUT2D eigenvalue weighted by molar-refractivity contribution is 0.619. The Labute approximate surface area is 82.7 Å². The van der Waals surface area contributed by atoms with E-state index in [0.717, 1.165) is 18.9 Å². The Morgan fingerprint density at radius 3 is 3.14 bits per heavy atom. The second-order valence-electron chi connectivity index (χ2n) is 3.54. The van der Waals surface area contributed by atoms with E-state index in [1.807, 2.05) is 0 Å². The molecule has 0 unspecified atom stereocenters. The molecule has 2 N–H and O–H groups in total. The lowest BCUT2D eigenvalue weighted by Crippen LogP contribution is -2.29. The van der Waals surface area contributed by atoms with Crippen molar-refractivity contribution in [1.29, 1.82) is 0 Å². The summed E-state index contributed by atoms with van der Waals surface area (Å²) in [6.45, 7) is 1.96. The van der Waals surface area contributed by atoms with Crippen LogP contribution < -0.4 is 10.6 Å². The average molecular weight is 195 g/mol. The molecule has 2 heterocycles. The fourth-order valence-corrected chi connectivity index (χ4v) is 1.64. The Hall–Kier alpha value is -1.16. The largest absolute Gasteiger partial charge is 0.369 e. The first kappa shape index (κ1) is 9.40. The van der Waals surface area contributed by atoms with Gasteiger partial charge in [0.1, 0.15) is 11.6 Å². The van der Waals surface area contributed by atoms with Crippen molar-refractivity contribution in [2.45, 2.75) is 18.9 Å². The minimum Gasteiger partial charge on any atom is -0.369 e. The van der Waals surface area contributed by atoms with Crippen LogP contribution in [0.3, 0.4) is 0 Å². The number of anilines is 1. The molecule has 3 nitrogen and oxygen atoms in total. The standard InChI is InChI=1S/C10H14FN3/c11-8-3-4-10(13-6-8)14-7-9-2-1-5-12-9/h3-4,6,9,12H,1-2,5,7H2,(H,13,14)/t9-/m0/s1. The maximum atomic E-state index is 12.5. The number of halogens is 1. The van der Waals surface area contributed by atoms with Crippen LogP contribution in [0.25, 0.3) is 0 Å². The highest BCUT2D eigenvalue weighted by Crippen LogP contribution is 2.07. The summed E-state index contributed by atoms with van der Waals surface area (Å²) in [5.74, 6) is 0.439. The summed E-state index contributed by atoms with van der Waals surface area (Å²) in [4.78, 5) is 3.93. The maximum absolute atomic E-state index is 12.5. The van der Waals surface area contributed by atoms with Crippen LogP contribution in [0.1, 0.15) is 12.8 Å². The van der Waals surface area contributed by atoms with Crippen LogP contribution in [0.2, 0.25) is 0 Å². The molecule has 1 atom stereocenters. The summed E-state index contributed by atoms with van der Waals surface area (Å²) in [6.07, 6.45) is 3.67. The molecule has 0 radical (unpaired) electrons. The summed E-state index contributed by atoms with van der Waals surface area (Å²) >= 11 is 0. The molecule has 1 aromatic rings. The first-order chi connectivity index (χ1) is 6.84. The van der Waals surface area contributed by atoms with E-state index in [2.05, 4.69) is 15.6 Å². The van der Waals surface area contributed by atoms with Crippen LogP contribution in [0.4, 0.5) is 10.2 Å². The summed E-state index contributed by atoms with van der Waals surface area (Å²) in [6, 6.07) is 3.60. The molecule has 1 aliphatic heterocycles. The molecular formula is C10H14FN3. The number of pyridine rings is 1. The SMILES string of the molecule is Fc1ccc(NC[C@@H]2CCCN2)nc1. The van der Waals surface area contributed by atoms with Gasteiger partial charge in [-0.1, -0.05) is 0 Å². The molecule has 0 bridgehead atoms. The van der Waals surface area contributed by atoms with Crippen molar-refractivity contribution in [3.05, 3.63) is 24.1 Å². The molecule has 1 fully saturated rings. The molecule has 2 rings (SSSR count). The zero-order valence-corrected chi connectivity index (χ0v) is 7.96. The van der Waals surface area contributed by atoms with Crippen LogP contribution in [0, 0.1) is 5.82 Å². The number of nitrogens with zero attached hydrogens (tertiary/aromatic N) is 1. The Bertz CT molecular complexity index is 280. The fourth-order valence-electron chi connectivity index (χ4n) is 1.64. The Balaban J connectivity index is 1.82. The third kappa shape index (κ3) is 2.42. The van der Waals surface area contributed by atoms with E-state index in [-0.39, 0.29) is 5.82 Å². The maximum Gasteiger partial charge on any atom is 0.141 e. The van der Waals surface area contributed by atoms with Crippen molar-refractivity contribution in [2.75, 3.05) is 18.4 Å². The number of aromatic nitrogens is 1. The monoisotopic (exact) mass is 195 g/mol. The Morgan fingerprint density at radius 2 is 2.50 bits per heavy atom. The van der Waals surface area contributed by atoms with Gasteiger partial charge in [0.15, 0.2) is 0 Å². The van der Waals surface area contributed by atoms with Gasteiger partial charge in [0.05, 0.1) is 6.20 Å². The van der Waals surface area contributed by atoms with Crippen molar-refractivity contribution >= 4 is 5.82 Å². The lowest BCUT2D eigenvalue weighted by Gasteiger charge is -2.11. The van der Waals surface area contributed by atoms with E-state index in [4.69, 9.17) is 0 Å². The summed E-state index contributed by atoms with van der Waals surface area (Å²) < 4.78 is 12.5. The highest BCUT2D eigenvalue weighted by molar-refractivity contribution is 5.33. The van der Waals surface area contributed by atoms with E-state index in [9.17, 15) is 4.39 Å². The van der Waals surface area contributed by atoms with Gasteiger partial charge in [-0.15, -0.1) is 0 Å². The predicted octanol–water partition coefficient (Wildman–Crippen LogP) is 1.38. The lowest BCUT2D eigenvalue weighted by atomic mass is 10.2. The van der Waals surface area contributed by atoms with Gasteiger partial charge in [-0.3, -0.25) is 0 Å². The van der Waals surface area contributed by atoms with Crippen LogP contribution >= 0.6 is 0 Å². The molecular weight excluding hydrogens is 181 g/mol. The quantitative estimate of drug-likeness (QED) is 0.765.